The number of unbranched alkanes of at least 4 members (excludes halogenated alkanes) is 5. The van der Waals surface area contributed by atoms with Crippen molar-refractivity contribution >= 4 is 12.9 Å². The maximum Gasteiger partial charge on any atom is 0.458 e. The molecule has 0 aromatic carbocycles. The highest BCUT2D eigenvalue weighted by Crippen LogP contribution is 2.37. The number of hydrogen-bond donors (Lipinski definition) is 0. The van der Waals surface area contributed by atoms with Gasteiger partial charge in [0.25, 0.3) is 0 Å². The van der Waals surface area contributed by atoms with Crippen molar-refractivity contribution < 1.29 is 14.1 Å². The molecule has 0 unspecified atom stereocenters. The SMILES string of the molecule is CCCCCCCCC(=O)CCB1OC(C)(C)C(C)(C)O1. The third-order valence-electron chi connectivity index (χ3n) is 4.77. The number of ketones is 1. The van der Waals surface area contributed by atoms with E-state index >= 15 is 0 Å². The van der Waals surface area contributed by atoms with Crippen molar-refractivity contribution in [2.24, 2.45) is 0 Å². The number of rotatable bonds is 10. The van der Waals surface area contributed by atoms with E-state index in [1.807, 2.05) is 27.7 Å². The van der Waals surface area contributed by atoms with Gasteiger partial charge in [0.2, 0.25) is 0 Å². The molecule has 0 saturated carbocycles. The molecular formula is C17H33BO3. The van der Waals surface area contributed by atoms with Crippen LogP contribution in [-0.4, -0.2) is 24.1 Å². The molecule has 4 heteroatoms. The Balaban J connectivity index is 2.12. The predicted octanol–water partition coefficient (Wildman–Crippen LogP) is 4.79. The van der Waals surface area contributed by atoms with Crippen LogP contribution in [0.15, 0.2) is 0 Å². The average Bonchev–Trinajstić information content (AvgIpc) is 2.59. The fraction of sp³-hybridized carbons (Fsp3) is 0.941. The van der Waals surface area contributed by atoms with Crippen LogP contribution in [0, 0.1) is 0 Å². The highest BCUT2D eigenvalue weighted by Gasteiger charge is 2.50. The Morgan fingerprint density at radius 3 is 1.95 bits per heavy atom. The van der Waals surface area contributed by atoms with Crippen LogP contribution in [0.2, 0.25) is 6.32 Å². The molecule has 1 fully saturated rings. The summed E-state index contributed by atoms with van der Waals surface area (Å²) in [5.41, 5.74) is -0.583. The smallest absolute Gasteiger partial charge is 0.403 e. The molecule has 3 nitrogen and oxygen atoms in total. The van der Waals surface area contributed by atoms with Crippen LogP contribution in [0.4, 0.5) is 0 Å². The highest BCUT2D eigenvalue weighted by atomic mass is 16.7. The van der Waals surface area contributed by atoms with Crippen molar-refractivity contribution in [1.82, 2.24) is 0 Å². The Morgan fingerprint density at radius 1 is 0.857 bits per heavy atom. The molecule has 0 amide bonds. The third-order valence-corrected chi connectivity index (χ3v) is 4.77. The quantitative estimate of drug-likeness (QED) is 0.429. The van der Waals surface area contributed by atoms with Gasteiger partial charge in [-0.25, -0.2) is 0 Å². The topological polar surface area (TPSA) is 35.5 Å². The number of carbonyl (C=O) groups excluding carboxylic acids is 1. The lowest BCUT2D eigenvalue weighted by atomic mass is 9.81. The molecule has 0 aromatic heterocycles. The first-order valence-corrected chi connectivity index (χ1v) is 8.66. The summed E-state index contributed by atoms with van der Waals surface area (Å²) in [4.78, 5) is 11.9. The Labute approximate surface area is 131 Å². The lowest BCUT2D eigenvalue weighted by molar-refractivity contribution is -0.118. The van der Waals surface area contributed by atoms with E-state index in [-0.39, 0.29) is 18.3 Å². The van der Waals surface area contributed by atoms with E-state index in [2.05, 4.69) is 6.92 Å². The van der Waals surface area contributed by atoms with Gasteiger partial charge >= 0.3 is 7.12 Å². The van der Waals surface area contributed by atoms with Crippen molar-refractivity contribution in [1.29, 1.82) is 0 Å². The number of Topliss-reactive ketones (excluding diaryl/α,β-unsaturated/α-hetero) is 1. The van der Waals surface area contributed by atoms with Crippen molar-refractivity contribution in [3.63, 3.8) is 0 Å². The molecule has 0 atom stereocenters. The van der Waals surface area contributed by atoms with Gasteiger partial charge in [-0.15, -0.1) is 0 Å². The standard InChI is InChI=1S/C17H33BO3/c1-6-7-8-9-10-11-12-15(19)13-14-18-20-16(2,3)17(4,5)21-18/h6-14H2,1-5H3. The normalized spacial score (nSPS) is 20.0. The van der Waals surface area contributed by atoms with Crippen molar-refractivity contribution in [2.45, 2.75) is 104 Å². The van der Waals surface area contributed by atoms with Gasteiger partial charge in [-0.2, -0.15) is 0 Å². The van der Waals surface area contributed by atoms with Gasteiger partial charge in [-0.3, -0.25) is 4.79 Å². The second kappa shape index (κ2) is 8.33. The Morgan fingerprint density at radius 2 is 1.38 bits per heavy atom. The third kappa shape index (κ3) is 6.11. The number of hydrogen-bond acceptors (Lipinski definition) is 3. The predicted molar refractivity (Wildman–Crippen MR) is 88.5 cm³/mol. The van der Waals surface area contributed by atoms with E-state index in [1.54, 1.807) is 0 Å². The molecule has 0 aliphatic carbocycles. The molecular weight excluding hydrogens is 263 g/mol. The zero-order chi connectivity index (χ0) is 15.9. The second-order valence-corrected chi connectivity index (χ2v) is 7.28. The molecule has 122 valence electrons. The van der Waals surface area contributed by atoms with E-state index in [0.717, 1.165) is 6.42 Å². The molecule has 0 N–H and O–H groups in total. The maximum absolute atomic E-state index is 11.9. The summed E-state index contributed by atoms with van der Waals surface area (Å²) < 4.78 is 11.8. The lowest BCUT2D eigenvalue weighted by Crippen LogP contribution is -2.41. The summed E-state index contributed by atoms with van der Waals surface area (Å²) in [6.45, 7) is 10.4. The van der Waals surface area contributed by atoms with Crippen LogP contribution < -0.4 is 0 Å². The van der Waals surface area contributed by atoms with E-state index in [1.165, 1.54) is 32.1 Å². The first-order valence-electron chi connectivity index (χ1n) is 8.66. The summed E-state index contributed by atoms with van der Waals surface area (Å²) in [6.07, 6.45) is 9.34. The molecule has 0 spiro atoms. The zero-order valence-corrected chi connectivity index (χ0v) is 14.7. The minimum atomic E-state index is -0.292. The monoisotopic (exact) mass is 296 g/mol. The highest BCUT2D eigenvalue weighted by molar-refractivity contribution is 6.45. The lowest BCUT2D eigenvalue weighted by Gasteiger charge is -2.32. The summed E-state index contributed by atoms with van der Waals surface area (Å²) in [6, 6.07) is 0. The van der Waals surface area contributed by atoms with Gasteiger partial charge in [0.15, 0.2) is 0 Å². The molecule has 0 bridgehead atoms. The molecule has 1 saturated heterocycles. The minimum Gasteiger partial charge on any atom is -0.403 e. The van der Waals surface area contributed by atoms with Crippen molar-refractivity contribution in [3.05, 3.63) is 0 Å². The summed E-state index contributed by atoms with van der Waals surface area (Å²) in [7, 11) is -0.233. The van der Waals surface area contributed by atoms with Crippen LogP contribution in [-0.2, 0) is 14.1 Å². The van der Waals surface area contributed by atoms with E-state index in [0.29, 0.717) is 24.9 Å². The Bertz CT molecular complexity index is 310. The van der Waals surface area contributed by atoms with Gasteiger partial charge in [0.05, 0.1) is 11.2 Å². The first kappa shape index (κ1) is 18.7. The van der Waals surface area contributed by atoms with Gasteiger partial charge in [0.1, 0.15) is 5.78 Å². The van der Waals surface area contributed by atoms with Gasteiger partial charge in [-0.05, 0) is 40.4 Å². The van der Waals surface area contributed by atoms with Gasteiger partial charge in [-0.1, -0.05) is 39.0 Å². The van der Waals surface area contributed by atoms with Crippen molar-refractivity contribution in [2.75, 3.05) is 0 Å². The van der Waals surface area contributed by atoms with Gasteiger partial charge in [0, 0.05) is 12.8 Å². The Kier molecular flexibility index (Phi) is 7.42. The molecule has 21 heavy (non-hydrogen) atoms. The van der Waals surface area contributed by atoms with Crippen LogP contribution >= 0.6 is 0 Å². The largest absolute Gasteiger partial charge is 0.458 e. The summed E-state index contributed by atoms with van der Waals surface area (Å²) >= 11 is 0. The van der Waals surface area contributed by atoms with Crippen LogP contribution in [0.1, 0.15) is 86.0 Å². The van der Waals surface area contributed by atoms with E-state index < -0.39 is 0 Å². The molecule has 1 aliphatic rings. The molecule has 1 rings (SSSR count). The second-order valence-electron chi connectivity index (χ2n) is 7.28. The average molecular weight is 296 g/mol. The van der Waals surface area contributed by atoms with Crippen molar-refractivity contribution in [3.8, 4) is 0 Å². The Hall–Kier alpha value is -0.345. The fourth-order valence-corrected chi connectivity index (χ4v) is 2.59. The fourth-order valence-electron chi connectivity index (χ4n) is 2.59. The minimum absolute atomic E-state index is 0.233. The first-order chi connectivity index (χ1) is 9.78. The molecule has 1 aliphatic heterocycles. The van der Waals surface area contributed by atoms with Crippen LogP contribution in [0.3, 0.4) is 0 Å². The van der Waals surface area contributed by atoms with Crippen LogP contribution in [0.25, 0.3) is 0 Å². The van der Waals surface area contributed by atoms with Crippen LogP contribution in [0.5, 0.6) is 0 Å². The van der Waals surface area contributed by atoms with E-state index in [4.69, 9.17) is 9.31 Å². The summed E-state index contributed by atoms with van der Waals surface area (Å²) in [5, 5.41) is 0. The van der Waals surface area contributed by atoms with E-state index in [9.17, 15) is 4.79 Å². The molecule has 1 heterocycles. The molecule has 0 radical (unpaired) electrons. The number of carbonyl (C=O) groups is 1. The maximum atomic E-state index is 11.9. The van der Waals surface area contributed by atoms with Gasteiger partial charge < -0.3 is 9.31 Å². The zero-order valence-electron chi connectivity index (χ0n) is 14.7. The summed E-state index contributed by atoms with van der Waals surface area (Å²) in [5.74, 6) is 0.347. The molecule has 0 aromatic rings.